The number of benzene rings is 1. The summed E-state index contributed by atoms with van der Waals surface area (Å²) in [5.74, 6) is 1.44. The zero-order valence-corrected chi connectivity index (χ0v) is 12.3. The van der Waals surface area contributed by atoms with Crippen molar-refractivity contribution in [3.63, 3.8) is 0 Å². The van der Waals surface area contributed by atoms with Gasteiger partial charge in [-0.1, -0.05) is 36.8 Å². The van der Waals surface area contributed by atoms with E-state index in [4.69, 9.17) is 4.74 Å². The maximum atomic E-state index is 5.87. The molecule has 1 unspecified atom stereocenters. The van der Waals surface area contributed by atoms with Gasteiger partial charge in [-0.15, -0.1) is 0 Å². The van der Waals surface area contributed by atoms with Crippen molar-refractivity contribution in [2.75, 3.05) is 26.3 Å². The highest BCUT2D eigenvalue weighted by Crippen LogP contribution is 2.29. The summed E-state index contributed by atoms with van der Waals surface area (Å²) in [6.07, 6.45) is 3.85. The van der Waals surface area contributed by atoms with Crippen LogP contribution in [0.4, 0.5) is 0 Å². The van der Waals surface area contributed by atoms with Crippen molar-refractivity contribution in [1.82, 2.24) is 5.32 Å². The van der Waals surface area contributed by atoms with Crippen LogP contribution in [-0.2, 0) is 11.2 Å². The summed E-state index contributed by atoms with van der Waals surface area (Å²) in [4.78, 5) is 0. The number of aryl methyl sites for hydroxylation is 1. The molecular weight excluding hydrogens is 234 g/mol. The lowest BCUT2D eigenvalue weighted by Gasteiger charge is -2.18. The molecule has 0 spiro atoms. The van der Waals surface area contributed by atoms with Crippen LogP contribution >= 0.6 is 0 Å². The molecule has 1 aliphatic rings. The van der Waals surface area contributed by atoms with E-state index in [1.165, 1.54) is 24.0 Å². The minimum absolute atomic E-state index is 0.585. The van der Waals surface area contributed by atoms with Crippen molar-refractivity contribution in [2.24, 2.45) is 11.8 Å². The number of hydrogen-bond acceptors (Lipinski definition) is 2. The molecule has 0 aromatic heterocycles. The Bertz CT molecular complexity index is 356. The van der Waals surface area contributed by atoms with Crippen LogP contribution in [0, 0.1) is 18.8 Å². The van der Waals surface area contributed by atoms with E-state index in [0.717, 1.165) is 38.6 Å². The van der Waals surface area contributed by atoms with Crippen LogP contribution in [0.5, 0.6) is 0 Å². The third-order valence-corrected chi connectivity index (χ3v) is 3.73. The summed E-state index contributed by atoms with van der Waals surface area (Å²) in [5, 5.41) is 3.45. The number of hydrogen-bond donors (Lipinski definition) is 1. The first-order chi connectivity index (χ1) is 9.28. The lowest BCUT2D eigenvalue weighted by molar-refractivity contribution is 0.0909. The van der Waals surface area contributed by atoms with Gasteiger partial charge in [-0.2, -0.15) is 0 Å². The molecule has 1 N–H and O–H groups in total. The molecule has 1 aromatic carbocycles. The first kappa shape index (κ1) is 14.5. The lowest BCUT2D eigenvalue weighted by Crippen LogP contribution is -2.27. The van der Waals surface area contributed by atoms with Gasteiger partial charge < -0.3 is 10.1 Å². The van der Waals surface area contributed by atoms with E-state index in [0.29, 0.717) is 5.92 Å². The van der Waals surface area contributed by atoms with Gasteiger partial charge in [0.2, 0.25) is 0 Å². The molecule has 2 nitrogen and oxygen atoms in total. The first-order valence-electron chi connectivity index (χ1n) is 7.62. The second kappa shape index (κ2) is 7.66. The third-order valence-electron chi connectivity index (χ3n) is 3.73. The van der Waals surface area contributed by atoms with E-state index in [2.05, 4.69) is 43.4 Å². The highest BCUT2D eigenvalue weighted by Gasteiger charge is 2.21. The van der Waals surface area contributed by atoms with Crippen molar-refractivity contribution < 1.29 is 4.74 Å². The van der Waals surface area contributed by atoms with Crippen LogP contribution in [0.25, 0.3) is 0 Å². The van der Waals surface area contributed by atoms with E-state index in [9.17, 15) is 0 Å². The molecule has 1 saturated carbocycles. The van der Waals surface area contributed by atoms with E-state index in [1.807, 2.05) is 0 Å². The minimum Gasteiger partial charge on any atom is -0.381 e. The first-order valence-corrected chi connectivity index (χ1v) is 7.62. The number of nitrogens with one attached hydrogen (secondary N) is 1. The number of rotatable bonds is 9. The van der Waals surface area contributed by atoms with Crippen molar-refractivity contribution in [2.45, 2.75) is 33.1 Å². The van der Waals surface area contributed by atoms with Crippen molar-refractivity contribution >= 4 is 0 Å². The highest BCUT2D eigenvalue weighted by atomic mass is 16.5. The van der Waals surface area contributed by atoms with Crippen LogP contribution in [0.3, 0.4) is 0 Å². The summed E-state index contributed by atoms with van der Waals surface area (Å²) in [6, 6.07) is 8.89. The topological polar surface area (TPSA) is 21.3 Å². The Morgan fingerprint density at radius 1 is 1.26 bits per heavy atom. The quantitative estimate of drug-likeness (QED) is 0.737. The van der Waals surface area contributed by atoms with Gasteiger partial charge in [0.1, 0.15) is 0 Å². The SMILES string of the molecule is CCNCC(COCC1CC1)Cc1ccc(C)cc1. The second-order valence-corrected chi connectivity index (χ2v) is 5.84. The van der Waals surface area contributed by atoms with Gasteiger partial charge in [0.05, 0.1) is 6.61 Å². The molecule has 2 heteroatoms. The molecule has 1 atom stereocenters. The van der Waals surface area contributed by atoms with E-state index >= 15 is 0 Å². The predicted octanol–water partition coefficient (Wildman–Crippen LogP) is 3.19. The maximum absolute atomic E-state index is 5.87. The fourth-order valence-electron chi connectivity index (χ4n) is 2.28. The molecule has 106 valence electrons. The maximum Gasteiger partial charge on any atom is 0.0509 e. The Hall–Kier alpha value is -0.860. The molecule has 1 aliphatic carbocycles. The van der Waals surface area contributed by atoms with Crippen molar-refractivity contribution in [1.29, 1.82) is 0 Å². The second-order valence-electron chi connectivity index (χ2n) is 5.84. The Morgan fingerprint density at radius 2 is 2.00 bits per heavy atom. The smallest absolute Gasteiger partial charge is 0.0509 e. The minimum atomic E-state index is 0.585. The Morgan fingerprint density at radius 3 is 2.63 bits per heavy atom. The van der Waals surface area contributed by atoms with Crippen LogP contribution in [0.1, 0.15) is 30.9 Å². The highest BCUT2D eigenvalue weighted by molar-refractivity contribution is 5.21. The summed E-state index contributed by atoms with van der Waals surface area (Å²) < 4.78 is 5.87. The fraction of sp³-hybridized carbons (Fsp3) is 0.647. The predicted molar refractivity (Wildman–Crippen MR) is 80.5 cm³/mol. The lowest BCUT2D eigenvalue weighted by atomic mass is 9.99. The average molecular weight is 261 g/mol. The molecular formula is C17H27NO. The standard InChI is InChI=1S/C17H27NO/c1-3-18-11-17(13-19-12-16-8-9-16)10-15-6-4-14(2)5-7-15/h4-7,16-18H,3,8-13H2,1-2H3. The molecule has 1 aromatic rings. The van der Waals surface area contributed by atoms with Crippen molar-refractivity contribution in [3.8, 4) is 0 Å². The normalized spacial score (nSPS) is 16.5. The van der Waals surface area contributed by atoms with Crippen LogP contribution in [0.2, 0.25) is 0 Å². The third kappa shape index (κ3) is 5.75. The van der Waals surface area contributed by atoms with Gasteiger partial charge in [-0.3, -0.25) is 0 Å². The molecule has 19 heavy (non-hydrogen) atoms. The average Bonchev–Trinajstić information content (AvgIpc) is 3.22. The monoisotopic (exact) mass is 261 g/mol. The Balaban J connectivity index is 1.78. The van der Waals surface area contributed by atoms with Gasteiger partial charge in [-0.05, 0) is 50.1 Å². The molecule has 0 aliphatic heterocycles. The Labute approximate surface area is 117 Å². The molecule has 0 saturated heterocycles. The van der Waals surface area contributed by atoms with E-state index in [1.54, 1.807) is 0 Å². The van der Waals surface area contributed by atoms with E-state index in [-0.39, 0.29) is 0 Å². The molecule has 0 amide bonds. The Kier molecular flexibility index (Phi) is 5.87. The van der Waals surface area contributed by atoms with Crippen molar-refractivity contribution in [3.05, 3.63) is 35.4 Å². The van der Waals surface area contributed by atoms with Gasteiger partial charge in [-0.25, -0.2) is 0 Å². The van der Waals surface area contributed by atoms with Crippen LogP contribution < -0.4 is 5.32 Å². The molecule has 1 fully saturated rings. The van der Waals surface area contributed by atoms with Gasteiger partial charge in [0.25, 0.3) is 0 Å². The summed E-state index contributed by atoms with van der Waals surface area (Å²) >= 11 is 0. The zero-order chi connectivity index (χ0) is 13.5. The van der Waals surface area contributed by atoms with E-state index < -0.39 is 0 Å². The van der Waals surface area contributed by atoms with Gasteiger partial charge in [0.15, 0.2) is 0 Å². The molecule has 0 bridgehead atoms. The summed E-state index contributed by atoms with van der Waals surface area (Å²) in [6.45, 7) is 8.24. The van der Waals surface area contributed by atoms with Crippen LogP contribution in [-0.4, -0.2) is 26.3 Å². The molecule has 2 rings (SSSR count). The summed E-state index contributed by atoms with van der Waals surface area (Å²) in [7, 11) is 0. The molecule has 0 radical (unpaired) electrons. The summed E-state index contributed by atoms with van der Waals surface area (Å²) in [5.41, 5.74) is 2.75. The van der Waals surface area contributed by atoms with Crippen LogP contribution in [0.15, 0.2) is 24.3 Å². The molecule has 0 heterocycles. The largest absolute Gasteiger partial charge is 0.381 e. The zero-order valence-electron chi connectivity index (χ0n) is 12.3. The van der Waals surface area contributed by atoms with Gasteiger partial charge in [0, 0.05) is 13.2 Å². The van der Waals surface area contributed by atoms with Gasteiger partial charge >= 0.3 is 0 Å². The fourth-order valence-corrected chi connectivity index (χ4v) is 2.28. The number of ether oxygens (including phenoxy) is 1.